The van der Waals surface area contributed by atoms with Crippen molar-refractivity contribution >= 4 is 17.5 Å². The zero-order chi connectivity index (χ0) is 21.3. The van der Waals surface area contributed by atoms with Gasteiger partial charge in [-0.3, -0.25) is 14.2 Å². The Morgan fingerprint density at radius 2 is 1.90 bits per heavy atom. The first-order valence-corrected chi connectivity index (χ1v) is 8.62. The molecule has 0 bridgehead atoms. The summed E-state index contributed by atoms with van der Waals surface area (Å²) in [7, 11) is 0.960. The molecule has 156 valence electrons. The maximum Gasteiger partial charge on any atom is 0.451 e. The van der Waals surface area contributed by atoms with Gasteiger partial charge >= 0.3 is 11.9 Å². The third kappa shape index (κ3) is 4.30. The number of aromatic nitrogens is 3. The van der Waals surface area contributed by atoms with Crippen molar-refractivity contribution in [1.29, 1.82) is 0 Å². The molecule has 1 atom stereocenters. The van der Waals surface area contributed by atoms with Crippen LogP contribution in [0.4, 0.5) is 23.2 Å². The van der Waals surface area contributed by atoms with Crippen molar-refractivity contribution in [2.24, 2.45) is 13.0 Å². The van der Waals surface area contributed by atoms with Gasteiger partial charge in [0, 0.05) is 32.2 Å². The molecule has 1 unspecified atom stereocenters. The van der Waals surface area contributed by atoms with Gasteiger partial charge in [-0.25, -0.2) is 13.9 Å². The predicted molar refractivity (Wildman–Crippen MR) is 92.3 cm³/mol. The number of rotatable bonds is 5. The summed E-state index contributed by atoms with van der Waals surface area (Å²) >= 11 is 0. The van der Waals surface area contributed by atoms with Crippen molar-refractivity contribution in [3.05, 3.63) is 46.4 Å². The lowest BCUT2D eigenvalue weighted by atomic mass is 10.1. The van der Waals surface area contributed by atoms with Crippen LogP contribution in [-0.2, 0) is 29.4 Å². The fourth-order valence-electron chi connectivity index (χ4n) is 3.06. The second-order valence-electron chi connectivity index (χ2n) is 6.56. The number of benzene rings is 1. The Bertz CT molecular complexity index is 980. The molecule has 1 aliphatic heterocycles. The minimum Gasteiger partial charge on any atom is -0.354 e. The molecule has 1 N–H and O–H groups in total. The molecule has 12 heteroatoms. The van der Waals surface area contributed by atoms with Crippen LogP contribution in [0.2, 0.25) is 0 Å². The van der Waals surface area contributed by atoms with E-state index in [1.807, 2.05) is 0 Å². The number of nitrogens with zero attached hydrogens (tertiary/aromatic N) is 4. The van der Waals surface area contributed by atoms with Crippen LogP contribution < -0.4 is 15.9 Å². The normalized spacial score (nSPS) is 17.1. The molecule has 0 saturated carbocycles. The van der Waals surface area contributed by atoms with Crippen LogP contribution in [0.5, 0.6) is 0 Å². The van der Waals surface area contributed by atoms with Gasteiger partial charge in [-0.2, -0.15) is 13.2 Å². The molecule has 2 aromatic rings. The molecule has 29 heavy (non-hydrogen) atoms. The molecule has 1 aromatic carbocycles. The van der Waals surface area contributed by atoms with Crippen LogP contribution in [0.3, 0.4) is 0 Å². The smallest absolute Gasteiger partial charge is 0.354 e. The molecule has 2 amide bonds. The van der Waals surface area contributed by atoms with Gasteiger partial charge in [0.15, 0.2) is 0 Å². The lowest BCUT2D eigenvalue weighted by Crippen LogP contribution is -2.36. The highest BCUT2D eigenvalue weighted by Crippen LogP contribution is 2.26. The number of hydrogen-bond acceptors (Lipinski definition) is 4. The molecule has 1 aliphatic rings. The van der Waals surface area contributed by atoms with E-state index in [1.165, 1.54) is 29.2 Å². The van der Waals surface area contributed by atoms with Crippen LogP contribution in [0.1, 0.15) is 12.2 Å². The van der Waals surface area contributed by atoms with Crippen LogP contribution in [0.25, 0.3) is 0 Å². The summed E-state index contributed by atoms with van der Waals surface area (Å²) in [5.74, 6) is -3.22. The van der Waals surface area contributed by atoms with E-state index < -0.39 is 35.3 Å². The number of hydrogen-bond donors (Lipinski definition) is 1. The number of carbonyl (C=O) groups excluding carboxylic acids is 2. The highest BCUT2D eigenvalue weighted by Gasteiger charge is 2.38. The number of anilines is 1. The summed E-state index contributed by atoms with van der Waals surface area (Å²) < 4.78 is 52.3. The third-order valence-electron chi connectivity index (χ3n) is 4.55. The van der Waals surface area contributed by atoms with E-state index in [4.69, 9.17) is 0 Å². The van der Waals surface area contributed by atoms with Gasteiger partial charge in [-0.1, -0.05) is 0 Å². The van der Waals surface area contributed by atoms with Gasteiger partial charge in [0.2, 0.25) is 17.6 Å². The molecule has 0 spiro atoms. The summed E-state index contributed by atoms with van der Waals surface area (Å²) in [6.07, 6.45) is -4.82. The highest BCUT2D eigenvalue weighted by atomic mass is 19.4. The first-order valence-electron chi connectivity index (χ1n) is 8.62. The van der Waals surface area contributed by atoms with Crippen LogP contribution in [0, 0.1) is 11.7 Å². The average molecular weight is 415 g/mol. The van der Waals surface area contributed by atoms with E-state index in [9.17, 15) is 31.9 Å². The summed E-state index contributed by atoms with van der Waals surface area (Å²) in [6.45, 7) is -0.289. The monoisotopic (exact) mass is 415 g/mol. The van der Waals surface area contributed by atoms with E-state index in [1.54, 1.807) is 0 Å². The molecule has 0 radical (unpaired) electrons. The maximum absolute atomic E-state index is 13.0. The fourth-order valence-corrected chi connectivity index (χ4v) is 3.06. The minimum atomic E-state index is -4.77. The van der Waals surface area contributed by atoms with Crippen LogP contribution in [0.15, 0.2) is 29.1 Å². The van der Waals surface area contributed by atoms with E-state index in [-0.39, 0.29) is 32.0 Å². The molecule has 0 aliphatic carbocycles. The maximum atomic E-state index is 13.0. The Morgan fingerprint density at radius 3 is 2.48 bits per heavy atom. The fraction of sp³-hybridized carbons (Fsp3) is 0.412. The zero-order valence-corrected chi connectivity index (χ0v) is 15.2. The van der Waals surface area contributed by atoms with Gasteiger partial charge in [0.1, 0.15) is 5.82 Å². The molecule has 1 saturated heterocycles. The Balaban J connectivity index is 1.57. The van der Waals surface area contributed by atoms with Gasteiger partial charge < -0.3 is 10.2 Å². The van der Waals surface area contributed by atoms with E-state index >= 15 is 0 Å². The lowest BCUT2D eigenvalue weighted by Gasteiger charge is -2.16. The second-order valence-corrected chi connectivity index (χ2v) is 6.56. The van der Waals surface area contributed by atoms with Crippen molar-refractivity contribution in [3.8, 4) is 0 Å². The second kappa shape index (κ2) is 7.68. The van der Waals surface area contributed by atoms with Crippen molar-refractivity contribution in [3.63, 3.8) is 0 Å². The molecule has 8 nitrogen and oxygen atoms in total. The van der Waals surface area contributed by atoms with Crippen molar-refractivity contribution in [1.82, 2.24) is 19.7 Å². The first kappa shape index (κ1) is 20.6. The van der Waals surface area contributed by atoms with Crippen LogP contribution >= 0.6 is 0 Å². The van der Waals surface area contributed by atoms with E-state index in [0.29, 0.717) is 14.9 Å². The first-order chi connectivity index (χ1) is 13.6. The Kier molecular flexibility index (Phi) is 5.44. The number of nitrogens with one attached hydrogen (secondary N) is 1. The van der Waals surface area contributed by atoms with Gasteiger partial charge in [-0.15, -0.1) is 5.10 Å². The Hall–Kier alpha value is -3.18. The van der Waals surface area contributed by atoms with Gasteiger partial charge in [0.25, 0.3) is 0 Å². The molecular weight excluding hydrogens is 398 g/mol. The summed E-state index contributed by atoms with van der Waals surface area (Å²) in [6, 6.07) is 5.27. The average Bonchev–Trinajstić information content (AvgIpc) is 3.17. The third-order valence-corrected chi connectivity index (χ3v) is 4.55. The summed E-state index contributed by atoms with van der Waals surface area (Å²) in [4.78, 5) is 37.6. The van der Waals surface area contributed by atoms with Gasteiger partial charge in [-0.05, 0) is 24.3 Å². The van der Waals surface area contributed by atoms with E-state index in [2.05, 4.69) is 10.4 Å². The molecule has 1 aromatic heterocycles. The quantitative estimate of drug-likeness (QED) is 0.736. The number of halogens is 4. The van der Waals surface area contributed by atoms with E-state index in [0.717, 1.165) is 7.05 Å². The SMILES string of the molecule is Cn1c(C(F)(F)F)nn(CCNC(=O)C2CC(=O)N(c3ccc(F)cc3)C2)c1=O. The highest BCUT2D eigenvalue weighted by molar-refractivity contribution is 6.00. The number of alkyl halides is 3. The standard InChI is InChI=1S/C17H17F4N5O3/c1-24-15(17(19,20)21)23-26(16(24)29)7-6-22-14(28)10-8-13(27)25(9-10)12-4-2-11(18)3-5-12/h2-5,10H,6-9H2,1H3,(H,22,28). The topological polar surface area (TPSA) is 89.2 Å². The largest absolute Gasteiger partial charge is 0.451 e. The molecule has 1 fully saturated rings. The summed E-state index contributed by atoms with van der Waals surface area (Å²) in [5.41, 5.74) is -0.489. The minimum absolute atomic E-state index is 0.0506. The lowest BCUT2D eigenvalue weighted by molar-refractivity contribution is -0.147. The summed E-state index contributed by atoms with van der Waals surface area (Å²) in [5, 5.41) is 5.75. The predicted octanol–water partition coefficient (Wildman–Crippen LogP) is 0.909. The number of carbonyl (C=O) groups is 2. The molecule has 3 rings (SSSR count). The Morgan fingerprint density at radius 1 is 1.24 bits per heavy atom. The van der Waals surface area contributed by atoms with Gasteiger partial charge in [0.05, 0.1) is 12.5 Å². The van der Waals surface area contributed by atoms with Crippen molar-refractivity contribution in [2.45, 2.75) is 19.1 Å². The van der Waals surface area contributed by atoms with Crippen molar-refractivity contribution in [2.75, 3.05) is 18.0 Å². The van der Waals surface area contributed by atoms with Crippen LogP contribution in [-0.4, -0.2) is 39.3 Å². The number of amides is 2. The molecular formula is C17H17F4N5O3. The molecule has 2 heterocycles. The zero-order valence-electron chi connectivity index (χ0n) is 15.2. The Labute approximate surface area is 161 Å². The van der Waals surface area contributed by atoms with Crippen molar-refractivity contribution < 1.29 is 27.2 Å².